The Morgan fingerprint density at radius 1 is 0.370 bits per heavy atom. The minimum Gasteiger partial charge on any atom is -0.394 e. The van der Waals surface area contributed by atoms with Gasteiger partial charge in [-0.05, 0) is 186 Å². The standard InChI is InChI=1S/C18H20FN3OS.C18H20FN3S.C17H18FN3OS.C17H18FN3S/c19-14-4-5-17(22-10-2-1-3-15(22)12-23)16(11-14)21-18(24)13-6-8-20-9-7-13;19-15-5-6-17(22-11-3-1-2-4-12-22)16(13-15)21-18(23)14-7-9-20-10-8-14;18-13-1-2-16(21-9-5-14(22)6-10-21)15(11-13)20-17(23)12-3-7-19-8-4-12;18-14-4-5-16(21-10-2-1-3-11-21)15(12-14)20-17(22)13-6-8-19-9-7-13/h4-9,11,15,23H,1-3,10,12H2,(H,21,24);5-10,13H,1-4,11-12H2,(H,21,23);1-4,7-8,11,14,22H,5-6,9-10H2,(H,20,23);4-9,12H,1-3,10-11H2,(H,20,22). The van der Waals surface area contributed by atoms with Crippen LogP contribution < -0.4 is 40.9 Å². The molecule has 1 unspecified atom stereocenters. The van der Waals surface area contributed by atoms with Gasteiger partial charge in [0.2, 0.25) is 0 Å². The van der Waals surface area contributed by atoms with Crippen molar-refractivity contribution >= 4 is 114 Å². The highest BCUT2D eigenvalue weighted by molar-refractivity contribution is 7.81. The van der Waals surface area contributed by atoms with Gasteiger partial charge in [0.15, 0.2) is 0 Å². The summed E-state index contributed by atoms with van der Waals surface area (Å²) in [6.07, 6.45) is 26.2. The number of hydrogen-bond donors (Lipinski definition) is 6. The lowest BCUT2D eigenvalue weighted by Gasteiger charge is -2.37. The Morgan fingerprint density at radius 2 is 0.652 bits per heavy atom. The van der Waals surface area contributed by atoms with Gasteiger partial charge in [0.25, 0.3) is 0 Å². The highest BCUT2D eigenvalue weighted by Crippen LogP contribution is 2.35. The number of nitrogens with zero attached hydrogens (tertiary/aromatic N) is 8. The molecule has 0 bridgehead atoms. The van der Waals surface area contributed by atoms with Crippen LogP contribution in [0, 0.1) is 23.3 Å². The lowest BCUT2D eigenvalue weighted by molar-refractivity contribution is 0.145. The molecule has 8 aromatic rings. The van der Waals surface area contributed by atoms with E-state index in [2.05, 4.69) is 60.8 Å². The van der Waals surface area contributed by atoms with Crippen LogP contribution in [-0.2, 0) is 0 Å². The van der Waals surface area contributed by atoms with Crippen molar-refractivity contribution in [3.05, 3.63) is 216 Å². The Balaban J connectivity index is 0.000000145. The molecule has 480 valence electrons. The largest absolute Gasteiger partial charge is 0.394 e. The topological polar surface area (TPSA) is 153 Å². The molecular weight excluding hydrogens is 1250 g/mol. The van der Waals surface area contributed by atoms with Crippen molar-refractivity contribution in [1.29, 1.82) is 0 Å². The smallest absolute Gasteiger partial charge is 0.125 e. The van der Waals surface area contributed by atoms with E-state index in [9.17, 15) is 27.8 Å². The minimum atomic E-state index is -0.323. The van der Waals surface area contributed by atoms with E-state index in [1.165, 1.54) is 93.5 Å². The van der Waals surface area contributed by atoms with Gasteiger partial charge in [-0.25, -0.2) is 17.6 Å². The van der Waals surface area contributed by atoms with Gasteiger partial charge in [0.1, 0.15) is 43.2 Å². The van der Waals surface area contributed by atoms with E-state index in [1.807, 2.05) is 60.7 Å². The Kier molecular flexibility index (Phi) is 26.0. The predicted molar refractivity (Wildman–Crippen MR) is 380 cm³/mol. The van der Waals surface area contributed by atoms with Crippen LogP contribution in [0.2, 0.25) is 0 Å². The average molecular weight is 1320 g/mol. The Hall–Kier alpha value is -8.12. The fourth-order valence-corrected chi connectivity index (χ4v) is 12.3. The Bertz CT molecular complexity index is 3680. The van der Waals surface area contributed by atoms with E-state index >= 15 is 0 Å². The molecule has 12 rings (SSSR count). The maximum atomic E-state index is 13.8. The summed E-state index contributed by atoms with van der Waals surface area (Å²) in [4.78, 5) is 27.0. The van der Waals surface area contributed by atoms with Crippen molar-refractivity contribution in [2.24, 2.45) is 0 Å². The molecule has 8 heterocycles. The SMILES string of the molecule is Fc1ccc(N2CCCCC2)c(NC(=S)c2ccncc2)c1.Fc1ccc(N2CCCCCC2)c(NC(=S)c2ccncc2)c1.OC1CCN(c2ccc(F)cc2NC(=S)c2ccncc2)CC1.OCC1CCCCN1c1ccc(F)cc1NC(=S)c1ccncc1. The summed E-state index contributed by atoms with van der Waals surface area (Å²) in [5.74, 6) is -1.16. The third kappa shape index (κ3) is 19.9. The van der Waals surface area contributed by atoms with Crippen molar-refractivity contribution in [3.63, 3.8) is 0 Å². The number of nitrogens with one attached hydrogen (secondary N) is 4. The van der Waals surface area contributed by atoms with Gasteiger partial charge < -0.3 is 51.1 Å². The van der Waals surface area contributed by atoms with Crippen molar-refractivity contribution in [3.8, 4) is 0 Å². The third-order valence-electron chi connectivity index (χ3n) is 16.2. The Morgan fingerprint density at radius 3 is 0.978 bits per heavy atom. The molecule has 0 aliphatic carbocycles. The number of piperidine rings is 3. The average Bonchev–Trinajstić information content (AvgIpc) is 0.955. The number of rotatable bonds is 13. The molecule has 6 N–H and O–H groups in total. The van der Waals surface area contributed by atoms with Crippen LogP contribution >= 0.6 is 48.9 Å². The number of thiocarbonyl (C=S) groups is 4. The first kappa shape index (κ1) is 68.3. The number of pyridine rings is 4. The quantitative estimate of drug-likeness (QED) is 0.0479. The molecule has 14 nitrogen and oxygen atoms in total. The molecular formula is C70H76F4N12O2S4. The molecule has 4 aromatic carbocycles. The van der Waals surface area contributed by atoms with Crippen LogP contribution in [0.25, 0.3) is 0 Å². The lowest BCUT2D eigenvalue weighted by atomic mass is 10.0. The number of aliphatic hydroxyl groups excluding tert-OH is 2. The molecule has 22 heteroatoms. The fourth-order valence-electron chi connectivity index (χ4n) is 11.4. The van der Waals surface area contributed by atoms with Crippen molar-refractivity contribution in [2.75, 3.05) is 93.3 Å². The van der Waals surface area contributed by atoms with Gasteiger partial charge in [-0.3, -0.25) is 19.9 Å². The summed E-state index contributed by atoms with van der Waals surface area (Å²) in [5, 5.41) is 32.0. The van der Waals surface area contributed by atoms with Gasteiger partial charge in [-0.2, -0.15) is 0 Å². The first-order valence-electron chi connectivity index (χ1n) is 31.1. The summed E-state index contributed by atoms with van der Waals surface area (Å²) >= 11 is 21.7. The number of aromatic nitrogens is 4. The van der Waals surface area contributed by atoms with Crippen molar-refractivity contribution in [2.45, 2.75) is 89.2 Å². The van der Waals surface area contributed by atoms with E-state index < -0.39 is 0 Å². The van der Waals surface area contributed by atoms with Gasteiger partial charge >= 0.3 is 0 Å². The van der Waals surface area contributed by atoms with Crippen LogP contribution in [0.15, 0.2) is 171 Å². The summed E-state index contributed by atoms with van der Waals surface area (Å²) in [6, 6.07) is 33.7. The molecule has 0 spiro atoms. The summed E-state index contributed by atoms with van der Waals surface area (Å²) in [5.41, 5.74) is 9.92. The number of benzene rings is 4. The first-order chi connectivity index (χ1) is 44.8. The van der Waals surface area contributed by atoms with Crippen LogP contribution in [0.4, 0.5) is 63.1 Å². The number of aliphatic hydroxyl groups is 2. The molecule has 1 atom stereocenters. The lowest BCUT2D eigenvalue weighted by Crippen LogP contribution is -2.42. The highest BCUT2D eigenvalue weighted by atomic mass is 32.1. The van der Waals surface area contributed by atoms with Crippen LogP contribution in [0.1, 0.15) is 99.3 Å². The zero-order valence-electron chi connectivity index (χ0n) is 51.1. The van der Waals surface area contributed by atoms with E-state index in [-0.39, 0.29) is 42.0 Å². The molecule has 4 aromatic heterocycles. The van der Waals surface area contributed by atoms with Crippen molar-refractivity contribution in [1.82, 2.24) is 19.9 Å². The summed E-state index contributed by atoms with van der Waals surface area (Å²) in [6.45, 7) is 6.42. The van der Waals surface area contributed by atoms with E-state index in [0.717, 1.165) is 121 Å². The van der Waals surface area contributed by atoms with Crippen LogP contribution in [0.5, 0.6) is 0 Å². The van der Waals surface area contributed by atoms with E-state index in [0.29, 0.717) is 44.2 Å². The van der Waals surface area contributed by atoms with Gasteiger partial charge in [-0.15, -0.1) is 0 Å². The molecule has 4 aliphatic heterocycles. The van der Waals surface area contributed by atoms with Gasteiger partial charge in [-0.1, -0.05) is 61.7 Å². The minimum absolute atomic E-state index is 0.0549. The second-order valence-electron chi connectivity index (χ2n) is 22.6. The molecule has 4 aliphatic rings. The maximum Gasteiger partial charge on any atom is 0.125 e. The second kappa shape index (κ2) is 35.1. The van der Waals surface area contributed by atoms with Crippen LogP contribution in [0.3, 0.4) is 0 Å². The van der Waals surface area contributed by atoms with E-state index in [1.54, 1.807) is 61.7 Å². The fraction of sp³-hybridized carbons (Fsp3) is 0.314. The molecule has 0 radical (unpaired) electrons. The van der Waals surface area contributed by atoms with Gasteiger partial charge in [0, 0.05) is 118 Å². The third-order valence-corrected chi connectivity index (χ3v) is 17.5. The highest BCUT2D eigenvalue weighted by Gasteiger charge is 2.26. The number of hydrogen-bond acceptors (Lipinski definition) is 14. The first-order valence-corrected chi connectivity index (χ1v) is 32.8. The molecule has 0 saturated carbocycles. The summed E-state index contributed by atoms with van der Waals surface area (Å²) < 4.78 is 54.9. The number of anilines is 8. The summed E-state index contributed by atoms with van der Waals surface area (Å²) in [7, 11) is 0. The molecule has 4 fully saturated rings. The zero-order valence-corrected chi connectivity index (χ0v) is 54.3. The van der Waals surface area contributed by atoms with Crippen molar-refractivity contribution < 1.29 is 27.8 Å². The van der Waals surface area contributed by atoms with Gasteiger partial charge in [0.05, 0.1) is 64.3 Å². The normalized spacial score (nSPS) is 15.7. The maximum absolute atomic E-state index is 13.8. The Labute approximate surface area is 557 Å². The van der Waals surface area contributed by atoms with E-state index in [4.69, 9.17) is 48.9 Å². The molecule has 4 saturated heterocycles. The molecule has 0 amide bonds. The van der Waals surface area contributed by atoms with Crippen LogP contribution in [-0.4, -0.2) is 115 Å². The number of halogens is 4. The molecule has 92 heavy (non-hydrogen) atoms. The zero-order chi connectivity index (χ0) is 64.6. The second-order valence-corrected chi connectivity index (χ2v) is 24.2. The predicted octanol–water partition coefficient (Wildman–Crippen LogP) is 14.7. The monoisotopic (exact) mass is 1320 g/mol.